The molecule has 0 bridgehead atoms. The van der Waals surface area contributed by atoms with Crippen LogP contribution in [0.3, 0.4) is 0 Å². The minimum absolute atomic E-state index is 0.0838. The van der Waals surface area contributed by atoms with Crippen LogP contribution in [0.5, 0.6) is 5.75 Å². The number of ether oxygens (including phenoxy) is 1. The van der Waals surface area contributed by atoms with Crippen LogP contribution in [0.4, 0.5) is 5.69 Å². The zero-order valence-electron chi connectivity index (χ0n) is 24.4. The van der Waals surface area contributed by atoms with Gasteiger partial charge in [0, 0.05) is 56.0 Å². The second kappa shape index (κ2) is 12.7. The summed E-state index contributed by atoms with van der Waals surface area (Å²) in [4.78, 5) is 33.4. The van der Waals surface area contributed by atoms with Gasteiger partial charge < -0.3 is 29.8 Å². The number of carbonyl (C=O) groups is 1. The summed E-state index contributed by atoms with van der Waals surface area (Å²) in [5, 5.41) is 2.95. The number of H-pyrrole nitrogens is 2. The first-order chi connectivity index (χ1) is 20.6. The lowest BCUT2D eigenvalue weighted by molar-refractivity contribution is -0.121. The Hall–Kier alpha value is -4.37. The zero-order valence-corrected chi connectivity index (χ0v) is 24.4. The zero-order chi connectivity index (χ0) is 28.9. The van der Waals surface area contributed by atoms with Crippen LogP contribution in [-0.4, -0.2) is 77.1 Å². The van der Waals surface area contributed by atoms with Gasteiger partial charge in [0.05, 0.1) is 28.7 Å². The molecule has 2 aromatic heterocycles. The molecule has 42 heavy (non-hydrogen) atoms. The van der Waals surface area contributed by atoms with Crippen LogP contribution >= 0.6 is 0 Å². The lowest BCUT2D eigenvalue weighted by atomic mass is 10.2. The van der Waals surface area contributed by atoms with Crippen molar-refractivity contribution >= 4 is 33.7 Å². The summed E-state index contributed by atoms with van der Waals surface area (Å²) < 4.78 is 5.94. The highest BCUT2D eigenvalue weighted by molar-refractivity contribution is 5.87. The molecule has 0 radical (unpaired) electrons. The number of anilines is 1. The van der Waals surface area contributed by atoms with Crippen molar-refractivity contribution < 1.29 is 9.53 Å². The van der Waals surface area contributed by atoms with E-state index in [0.717, 1.165) is 96.2 Å². The number of nitrogens with zero attached hydrogens (tertiary/aromatic N) is 4. The van der Waals surface area contributed by atoms with Gasteiger partial charge in [0.1, 0.15) is 17.4 Å². The molecule has 0 spiro atoms. The molecular formula is C33H39N7O2. The average molecular weight is 566 g/mol. The Morgan fingerprint density at radius 2 is 1.60 bits per heavy atom. The Labute approximate surface area is 246 Å². The normalized spacial score (nSPS) is 14.1. The summed E-state index contributed by atoms with van der Waals surface area (Å²) in [5.74, 6) is 2.47. The average Bonchev–Trinajstić information content (AvgIpc) is 3.64. The smallest absolute Gasteiger partial charge is 0.220 e. The Kier molecular flexibility index (Phi) is 8.37. The van der Waals surface area contributed by atoms with E-state index in [0.29, 0.717) is 19.4 Å². The third-order valence-electron chi connectivity index (χ3n) is 7.87. The largest absolute Gasteiger partial charge is 0.494 e. The van der Waals surface area contributed by atoms with Crippen LogP contribution in [0.25, 0.3) is 44.8 Å². The number of hydrogen-bond acceptors (Lipinski definition) is 6. The number of piperazine rings is 1. The second-order valence-electron chi connectivity index (χ2n) is 11.1. The molecular weight excluding hydrogens is 526 g/mol. The van der Waals surface area contributed by atoms with Crippen molar-refractivity contribution in [1.29, 1.82) is 0 Å². The Bertz CT molecular complexity index is 1670. The molecule has 1 saturated heterocycles. The Morgan fingerprint density at radius 3 is 2.36 bits per heavy atom. The molecule has 1 aliphatic rings. The minimum Gasteiger partial charge on any atom is -0.494 e. The molecule has 3 heterocycles. The van der Waals surface area contributed by atoms with Gasteiger partial charge in [-0.3, -0.25) is 4.79 Å². The van der Waals surface area contributed by atoms with E-state index in [1.807, 2.05) is 30.3 Å². The molecule has 1 amide bonds. The molecule has 3 N–H and O–H groups in total. The summed E-state index contributed by atoms with van der Waals surface area (Å²) in [5.41, 5.74) is 7.03. The Balaban J connectivity index is 1.13. The van der Waals surface area contributed by atoms with Crippen molar-refractivity contribution in [1.82, 2.24) is 30.2 Å². The monoisotopic (exact) mass is 565 g/mol. The molecule has 218 valence electrons. The molecule has 1 aliphatic heterocycles. The van der Waals surface area contributed by atoms with E-state index in [1.165, 1.54) is 5.69 Å². The van der Waals surface area contributed by atoms with Crippen LogP contribution in [0.1, 0.15) is 32.6 Å². The number of benzene rings is 3. The van der Waals surface area contributed by atoms with Crippen LogP contribution in [0.2, 0.25) is 0 Å². The third-order valence-corrected chi connectivity index (χ3v) is 7.87. The molecule has 0 aliphatic carbocycles. The minimum atomic E-state index is 0.0838. The van der Waals surface area contributed by atoms with E-state index in [9.17, 15) is 4.79 Å². The molecule has 1 fully saturated rings. The van der Waals surface area contributed by atoms with Gasteiger partial charge in [0.2, 0.25) is 5.91 Å². The number of fused-ring (bicyclic) bond motifs is 2. The number of likely N-dealkylation sites (N-methyl/N-ethyl adjacent to an activating group) is 1. The summed E-state index contributed by atoms with van der Waals surface area (Å²) in [7, 11) is 2.18. The van der Waals surface area contributed by atoms with E-state index >= 15 is 0 Å². The first-order valence-electron chi connectivity index (χ1n) is 15.0. The number of unbranched alkanes of at least 4 members (excludes halogenated alkanes) is 1. The predicted molar refractivity (Wildman–Crippen MR) is 169 cm³/mol. The highest BCUT2D eigenvalue weighted by atomic mass is 16.5. The summed E-state index contributed by atoms with van der Waals surface area (Å²) in [6, 6.07) is 20.6. The number of rotatable bonds is 11. The van der Waals surface area contributed by atoms with Crippen LogP contribution in [-0.2, 0) is 4.79 Å². The van der Waals surface area contributed by atoms with E-state index in [-0.39, 0.29) is 5.91 Å². The number of aromatic amines is 2. The Morgan fingerprint density at radius 1 is 0.881 bits per heavy atom. The molecule has 3 aromatic carbocycles. The van der Waals surface area contributed by atoms with E-state index in [1.54, 1.807) is 0 Å². The molecule has 0 unspecified atom stereocenters. The van der Waals surface area contributed by atoms with Crippen LogP contribution < -0.4 is 15.0 Å². The number of nitrogens with one attached hydrogen (secondary N) is 3. The van der Waals surface area contributed by atoms with Crippen molar-refractivity contribution in [3.05, 3.63) is 60.7 Å². The fraction of sp³-hybridized carbons (Fsp3) is 0.364. The van der Waals surface area contributed by atoms with Gasteiger partial charge in [-0.05, 0) is 68.4 Å². The number of hydrogen-bond donors (Lipinski definition) is 3. The fourth-order valence-corrected chi connectivity index (χ4v) is 5.34. The number of aromatic nitrogens is 4. The number of imidazole rings is 2. The summed E-state index contributed by atoms with van der Waals surface area (Å²) in [6.45, 7) is 7.58. The SMILES string of the molecule is CCCCNC(=O)CCCOc1cccc(-c2nc3ccc(-c4nc5ccc(N6CCN(C)CC6)cc5[nH]4)cc3[nH]2)c1. The summed E-state index contributed by atoms with van der Waals surface area (Å²) >= 11 is 0. The molecule has 9 heteroatoms. The number of amides is 1. The van der Waals surface area contributed by atoms with E-state index < -0.39 is 0 Å². The van der Waals surface area contributed by atoms with Gasteiger partial charge >= 0.3 is 0 Å². The van der Waals surface area contributed by atoms with Crippen molar-refractivity contribution in [3.63, 3.8) is 0 Å². The second-order valence-corrected chi connectivity index (χ2v) is 11.1. The number of carbonyl (C=O) groups excluding carboxylic acids is 1. The molecule has 6 rings (SSSR count). The van der Waals surface area contributed by atoms with Crippen LogP contribution in [0, 0.1) is 0 Å². The van der Waals surface area contributed by atoms with E-state index in [4.69, 9.17) is 14.7 Å². The highest BCUT2D eigenvalue weighted by Gasteiger charge is 2.16. The summed E-state index contributed by atoms with van der Waals surface area (Å²) in [6.07, 6.45) is 3.23. The quantitative estimate of drug-likeness (QED) is 0.180. The van der Waals surface area contributed by atoms with Crippen molar-refractivity contribution in [2.45, 2.75) is 32.6 Å². The topological polar surface area (TPSA) is 102 Å². The van der Waals surface area contributed by atoms with Gasteiger partial charge in [-0.1, -0.05) is 25.5 Å². The molecule has 0 saturated carbocycles. The van der Waals surface area contributed by atoms with Gasteiger partial charge in [-0.25, -0.2) is 9.97 Å². The van der Waals surface area contributed by atoms with Crippen molar-refractivity contribution in [2.24, 2.45) is 0 Å². The van der Waals surface area contributed by atoms with Crippen molar-refractivity contribution in [2.75, 3.05) is 51.3 Å². The van der Waals surface area contributed by atoms with Gasteiger partial charge in [-0.15, -0.1) is 0 Å². The lowest BCUT2D eigenvalue weighted by Gasteiger charge is -2.34. The third kappa shape index (κ3) is 6.41. The van der Waals surface area contributed by atoms with Gasteiger partial charge in [0.15, 0.2) is 0 Å². The molecule has 0 atom stereocenters. The predicted octanol–water partition coefficient (Wildman–Crippen LogP) is 5.60. The maximum absolute atomic E-state index is 11.9. The maximum Gasteiger partial charge on any atom is 0.220 e. The fourth-order valence-electron chi connectivity index (χ4n) is 5.34. The standard InChI is InChI=1S/C33H39N7O2/c1-3-4-14-34-31(41)9-6-19-42-26-8-5-7-23(20-26)32-35-27-12-10-24(21-29(27)37-32)33-36-28-13-11-25(22-30(28)38-33)40-17-15-39(2)16-18-40/h5,7-8,10-13,20-22H,3-4,6,9,14-19H2,1-2H3,(H,34,41)(H,35,37)(H,36,38). The van der Waals surface area contributed by atoms with Crippen LogP contribution in [0.15, 0.2) is 60.7 Å². The molecule has 5 aromatic rings. The van der Waals surface area contributed by atoms with E-state index in [2.05, 4.69) is 69.4 Å². The molecule has 9 nitrogen and oxygen atoms in total. The highest BCUT2D eigenvalue weighted by Crippen LogP contribution is 2.29. The lowest BCUT2D eigenvalue weighted by Crippen LogP contribution is -2.44. The van der Waals surface area contributed by atoms with Gasteiger partial charge in [-0.2, -0.15) is 0 Å². The van der Waals surface area contributed by atoms with Crippen molar-refractivity contribution in [3.8, 4) is 28.5 Å². The van der Waals surface area contributed by atoms with Gasteiger partial charge in [0.25, 0.3) is 0 Å². The maximum atomic E-state index is 11.9. The first kappa shape index (κ1) is 27.8. The first-order valence-corrected chi connectivity index (χ1v) is 15.0.